The van der Waals surface area contributed by atoms with Crippen LogP contribution in [0.15, 0.2) is 48.0 Å². The van der Waals surface area contributed by atoms with Gasteiger partial charge in [0.15, 0.2) is 10.8 Å². The van der Waals surface area contributed by atoms with Gasteiger partial charge in [-0.1, -0.05) is 18.2 Å². The van der Waals surface area contributed by atoms with Gasteiger partial charge in [-0.15, -0.1) is 11.3 Å². The molecule has 0 aliphatic carbocycles. The molecule has 0 spiro atoms. The fraction of sp³-hybridized carbons (Fsp3) is 0.111. The lowest BCUT2D eigenvalue weighted by Gasteiger charge is -2.08. The Morgan fingerprint density at radius 1 is 1.15 bits per heavy atom. The second-order valence-corrected chi connectivity index (χ2v) is 6.28. The number of nitrogens with zero attached hydrogens (tertiary/aromatic N) is 2. The van der Waals surface area contributed by atoms with Gasteiger partial charge in [0.25, 0.3) is 5.88 Å². The number of rotatable bonds is 5. The number of carbonyl (C=O) groups is 2. The minimum absolute atomic E-state index is 0.0283. The number of carbonyl (C=O) groups excluding carboxylic acids is 2. The number of thiazole rings is 1. The molecule has 0 unspecified atom stereocenters. The zero-order valence-corrected chi connectivity index (χ0v) is 15.0. The number of hydrogen-bond acceptors (Lipinski definition) is 7. The molecule has 1 amide bonds. The maximum atomic E-state index is 12.1. The number of pyridine rings is 1. The van der Waals surface area contributed by atoms with Crippen LogP contribution in [0.1, 0.15) is 23.0 Å². The van der Waals surface area contributed by atoms with Gasteiger partial charge in [-0.25, -0.2) is 14.8 Å². The molecule has 0 saturated carbocycles. The molecular weight excluding hydrogens is 352 g/mol. The molecular formula is C18H16N4O3S. The van der Waals surface area contributed by atoms with Crippen molar-refractivity contribution < 1.29 is 14.3 Å². The Hall–Kier alpha value is -3.26. The van der Waals surface area contributed by atoms with E-state index in [1.165, 1.54) is 18.3 Å². The van der Waals surface area contributed by atoms with Gasteiger partial charge < -0.3 is 10.1 Å². The zero-order chi connectivity index (χ0) is 18.5. The third kappa shape index (κ3) is 4.42. The molecule has 2 N–H and O–H groups in total. The standard InChI is InChI=1S/C18H16N4O3S/c1-11-5-3-8-15(20-11)22-18(24)25-16-17(26-10-19-16)21-14-7-4-6-13(9-14)12(2)23/h3-10,21H,1-2H3,(H,20,22,24). The molecule has 3 rings (SSSR count). The van der Waals surface area contributed by atoms with Crippen LogP contribution in [-0.4, -0.2) is 21.8 Å². The average molecular weight is 368 g/mol. The predicted molar refractivity (Wildman–Crippen MR) is 100 cm³/mol. The summed E-state index contributed by atoms with van der Waals surface area (Å²) in [7, 11) is 0. The highest BCUT2D eigenvalue weighted by molar-refractivity contribution is 7.14. The lowest BCUT2D eigenvalue weighted by atomic mass is 10.1. The molecule has 1 aromatic carbocycles. The van der Waals surface area contributed by atoms with Crippen LogP contribution >= 0.6 is 11.3 Å². The number of hydrogen-bond donors (Lipinski definition) is 2. The molecule has 0 radical (unpaired) electrons. The van der Waals surface area contributed by atoms with Crippen LogP contribution in [0.2, 0.25) is 0 Å². The fourth-order valence-corrected chi connectivity index (χ4v) is 2.79. The summed E-state index contributed by atoms with van der Waals surface area (Å²) in [5.74, 6) is 0.515. The fourth-order valence-electron chi connectivity index (χ4n) is 2.17. The van der Waals surface area contributed by atoms with Crippen LogP contribution in [0.3, 0.4) is 0 Å². The van der Waals surface area contributed by atoms with E-state index in [0.29, 0.717) is 22.1 Å². The van der Waals surface area contributed by atoms with Crippen LogP contribution in [0.4, 0.5) is 21.3 Å². The summed E-state index contributed by atoms with van der Waals surface area (Å²) in [6.07, 6.45) is -0.686. The van der Waals surface area contributed by atoms with Gasteiger partial charge in [0.1, 0.15) is 5.82 Å². The Morgan fingerprint density at radius 3 is 2.73 bits per heavy atom. The Labute approximate surface area is 154 Å². The second-order valence-electron chi connectivity index (χ2n) is 5.43. The molecule has 2 aromatic heterocycles. The first-order chi connectivity index (χ1) is 12.5. The summed E-state index contributed by atoms with van der Waals surface area (Å²) in [5, 5.41) is 6.22. The number of benzene rings is 1. The Balaban J connectivity index is 1.69. The smallest absolute Gasteiger partial charge is 0.388 e. The lowest BCUT2D eigenvalue weighted by molar-refractivity contribution is 0.101. The number of nitrogens with one attached hydrogen (secondary N) is 2. The molecule has 0 atom stereocenters. The first-order valence-electron chi connectivity index (χ1n) is 7.75. The molecule has 0 aliphatic rings. The summed E-state index contributed by atoms with van der Waals surface area (Å²) in [6.45, 7) is 3.33. The second kappa shape index (κ2) is 7.75. The van der Waals surface area contributed by atoms with Gasteiger partial charge in [0.2, 0.25) is 0 Å². The number of Topliss-reactive ketones (excluding diaryl/α,β-unsaturated/α-hetero) is 1. The predicted octanol–water partition coefficient (Wildman–Crippen LogP) is 4.40. The topological polar surface area (TPSA) is 93.2 Å². The van der Waals surface area contributed by atoms with Crippen LogP contribution in [0, 0.1) is 6.92 Å². The lowest BCUT2D eigenvalue weighted by Crippen LogP contribution is -2.18. The highest BCUT2D eigenvalue weighted by Crippen LogP contribution is 2.31. The number of aromatic nitrogens is 2. The number of ether oxygens (including phenoxy) is 1. The van der Waals surface area contributed by atoms with Crippen molar-refractivity contribution in [2.75, 3.05) is 10.6 Å². The number of anilines is 3. The van der Waals surface area contributed by atoms with E-state index in [4.69, 9.17) is 4.74 Å². The Morgan fingerprint density at radius 2 is 1.96 bits per heavy atom. The van der Waals surface area contributed by atoms with Crippen molar-refractivity contribution in [3.8, 4) is 5.88 Å². The van der Waals surface area contributed by atoms with E-state index in [1.807, 2.05) is 19.1 Å². The molecule has 8 heteroatoms. The normalized spacial score (nSPS) is 10.2. The van der Waals surface area contributed by atoms with Crippen molar-refractivity contribution in [2.24, 2.45) is 0 Å². The van der Waals surface area contributed by atoms with Crippen molar-refractivity contribution >= 4 is 39.7 Å². The van der Waals surface area contributed by atoms with Gasteiger partial charge in [-0.2, -0.15) is 0 Å². The van der Waals surface area contributed by atoms with Crippen molar-refractivity contribution in [1.82, 2.24) is 9.97 Å². The minimum atomic E-state index is -0.686. The molecule has 26 heavy (non-hydrogen) atoms. The number of amides is 1. The number of ketones is 1. The molecule has 0 saturated heterocycles. The van der Waals surface area contributed by atoms with Crippen molar-refractivity contribution in [3.63, 3.8) is 0 Å². The maximum absolute atomic E-state index is 12.1. The van der Waals surface area contributed by atoms with E-state index >= 15 is 0 Å². The van der Waals surface area contributed by atoms with Crippen molar-refractivity contribution in [1.29, 1.82) is 0 Å². The third-order valence-electron chi connectivity index (χ3n) is 3.37. The van der Waals surface area contributed by atoms with E-state index in [9.17, 15) is 9.59 Å². The largest absolute Gasteiger partial charge is 0.419 e. The monoisotopic (exact) mass is 368 g/mol. The maximum Gasteiger partial charge on any atom is 0.419 e. The SMILES string of the molecule is CC(=O)c1cccc(Nc2scnc2OC(=O)Nc2cccc(C)n2)c1. The van der Waals surface area contributed by atoms with Gasteiger partial charge in [-0.05, 0) is 38.1 Å². The van der Waals surface area contributed by atoms with E-state index < -0.39 is 6.09 Å². The first-order valence-corrected chi connectivity index (χ1v) is 8.63. The minimum Gasteiger partial charge on any atom is -0.388 e. The van der Waals surface area contributed by atoms with Crippen LogP contribution in [-0.2, 0) is 0 Å². The Kier molecular flexibility index (Phi) is 5.23. The molecule has 0 bridgehead atoms. The Bertz CT molecular complexity index is 955. The highest BCUT2D eigenvalue weighted by Gasteiger charge is 2.14. The van der Waals surface area contributed by atoms with Crippen LogP contribution < -0.4 is 15.4 Å². The summed E-state index contributed by atoms with van der Waals surface area (Å²) in [5.41, 5.74) is 3.63. The van der Waals surface area contributed by atoms with E-state index in [0.717, 1.165) is 5.69 Å². The average Bonchev–Trinajstić information content (AvgIpc) is 3.01. The third-order valence-corrected chi connectivity index (χ3v) is 4.09. The van der Waals surface area contributed by atoms with E-state index in [-0.39, 0.29) is 11.7 Å². The van der Waals surface area contributed by atoms with E-state index in [1.54, 1.807) is 35.8 Å². The molecule has 132 valence electrons. The van der Waals surface area contributed by atoms with Gasteiger partial charge in [0, 0.05) is 16.9 Å². The van der Waals surface area contributed by atoms with Crippen LogP contribution in [0.5, 0.6) is 5.88 Å². The van der Waals surface area contributed by atoms with Gasteiger partial charge in [-0.3, -0.25) is 10.1 Å². The first kappa shape index (κ1) is 17.6. The summed E-state index contributed by atoms with van der Waals surface area (Å²) < 4.78 is 5.26. The summed E-state index contributed by atoms with van der Waals surface area (Å²) >= 11 is 1.28. The summed E-state index contributed by atoms with van der Waals surface area (Å²) in [4.78, 5) is 31.8. The van der Waals surface area contributed by atoms with Crippen molar-refractivity contribution in [2.45, 2.75) is 13.8 Å². The molecule has 0 aliphatic heterocycles. The van der Waals surface area contributed by atoms with E-state index in [2.05, 4.69) is 20.6 Å². The molecule has 7 nitrogen and oxygen atoms in total. The quantitative estimate of drug-likeness (QED) is 0.648. The molecule has 3 aromatic rings. The van der Waals surface area contributed by atoms with Gasteiger partial charge in [0.05, 0.1) is 5.51 Å². The van der Waals surface area contributed by atoms with Gasteiger partial charge >= 0.3 is 6.09 Å². The van der Waals surface area contributed by atoms with Crippen LogP contribution in [0.25, 0.3) is 0 Å². The van der Waals surface area contributed by atoms with Crippen molar-refractivity contribution in [3.05, 3.63) is 59.2 Å². The molecule has 2 heterocycles. The highest BCUT2D eigenvalue weighted by atomic mass is 32.1. The molecule has 0 fully saturated rings. The number of aryl methyl sites for hydroxylation is 1. The zero-order valence-electron chi connectivity index (χ0n) is 14.1. The summed E-state index contributed by atoms with van der Waals surface area (Å²) in [6, 6.07) is 12.3.